The highest BCUT2D eigenvalue weighted by atomic mass is 19.3. The van der Waals surface area contributed by atoms with Crippen molar-refractivity contribution < 1.29 is 27.1 Å². The van der Waals surface area contributed by atoms with E-state index in [0.717, 1.165) is 36.4 Å². The molecule has 0 radical (unpaired) electrons. The highest BCUT2D eigenvalue weighted by Gasteiger charge is 2.32. The standard InChI is InChI=1S/C29H35F4N3O3/c1-17-15-25(39-28(30)31)22(27(38)34-17)9-10-24(37)26-19(3)36(23-8-6-5-7-21(23)26)18(2)20-11-13-35(14-12-20)16-29(4,32)33/h5-8,15,18,20,28H,9-14,16H2,1-4H3,(H,34,38)/t18-/m1/s1. The normalized spacial score (nSPS) is 16.2. The van der Waals surface area contributed by atoms with Gasteiger partial charge in [-0.25, -0.2) is 8.78 Å². The number of aryl methyl sites for hydroxylation is 1. The zero-order valence-corrected chi connectivity index (χ0v) is 22.7. The van der Waals surface area contributed by atoms with Crippen LogP contribution >= 0.6 is 0 Å². The molecule has 0 unspecified atom stereocenters. The van der Waals surface area contributed by atoms with Gasteiger partial charge < -0.3 is 14.3 Å². The molecule has 3 heterocycles. The number of pyridine rings is 1. The van der Waals surface area contributed by atoms with Gasteiger partial charge in [-0.1, -0.05) is 18.2 Å². The van der Waals surface area contributed by atoms with Crippen molar-refractivity contribution in [3.8, 4) is 5.75 Å². The number of benzene rings is 1. The molecule has 1 N–H and O–H groups in total. The number of nitrogens with zero attached hydrogens (tertiary/aromatic N) is 2. The fourth-order valence-electron chi connectivity index (χ4n) is 5.95. The van der Waals surface area contributed by atoms with E-state index in [1.165, 1.54) is 6.07 Å². The molecule has 1 fully saturated rings. The van der Waals surface area contributed by atoms with Crippen molar-refractivity contribution in [3.05, 3.63) is 63.2 Å². The molecule has 1 aliphatic heterocycles. The minimum atomic E-state index is -3.09. The van der Waals surface area contributed by atoms with Crippen LogP contribution in [0.25, 0.3) is 10.9 Å². The van der Waals surface area contributed by atoms with Crippen LogP contribution in [0.3, 0.4) is 0 Å². The lowest BCUT2D eigenvalue weighted by Gasteiger charge is -2.37. The van der Waals surface area contributed by atoms with Crippen LogP contribution in [0.4, 0.5) is 17.6 Å². The summed E-state index contributed by atoms with van der Waals surface area (Å²) in [6.07, 6.45) is 1.44. The summed E-state index contributed by atoms with van der Waals surface area (Å²) in [5, 5.41) is 0.789. The van der Waals surface area contributed by atoms with Crippen LogP contribution in [0.1, 0.15) is 66.5 Å². The molecule has 10 heteroatoms. The number of ketones is 1. The number of hydrogen-bond acceptors (Lipinski definition) is 4. The molecule has 1 atom stereocenters. The summed E-state index contributed by atoms with van der Waals surface area (Å²) < 4.78 is 59.6. The number of ether oxygens (including phenoxy) is 1. The molecule has 39 heavy (non-hydrogen) atoms. The summed E-state index contributed by atoms with van der Waals surface area (Å²) in [5.74, 6) is -2.89. The molecule has 0 aliphatic carbocycles. The Bertz CT molecular complexity index is 1380. The number of piperidine rings is 1. The number of H-pyrrole nitrogens is 1. The van der Waals surface area contributed by atoms with E-state index in [2.05, 4.69) is 21.2 Å². The van der Waals surface area contributed by atoms with Crippen molar-refractivity contribution in [1.82, 2.24) is 14.5 Å². The molecule has 1 aromatic carbocycles. The molecule has 212 valence electrons. The smallest absolute Gasteiger partial charge is 0.387 e. The van der Waals surface area contributed by atoms with E-state index in [-0.39, 0.29) is 48.4 Å². The Kier molecular flexibility index (Phi) is 8.54. The van der Waals surface area contributed by atoms with E-state index in [4.69, 9.17) is 0 Å². The molecule has 0 bridgehead atoms. The number of carbonyl (C=O) groups is 1. The highest BCUT2D eigenvalue weighted by molar-refractivity contribution is 6.09. The Balaban J connectivity index is 1.58. The SMILES string of the molecule is Cc1cc(OC(F)F)c(CCC(=O)c2c(C)n([C@H](C)C3CCN(CC(C)(F)F)CC3)c3ccccc23)c(=O)[nH]1. The second-order valence-electron chi connectivity index (χ2n) is 10.7. The zero-order valence-electron chi connectivity index (χ0n) is 22.7. The lowest BCUT2D eigenvalue weighted by molar-refractivity contribution is -0.0506. The second kappa shape index (κ2) is 11.5. The molecular formula is C29H35F4N3O3. The number of Topliss-reactive ketones (excluding diaryl/α,β-unsaturated/α-hetero) is 1. The summed E-state index contributed by atoms with van der Waals surface area (Å²) in [5.41, 5.74) is 2.07. The molecule has 3 aromatic rings. The number of aromatic nitrogens is 2. The van der Waals surface area contributed by atoms with E-state index in [1.54, 1.807) is 11.8 Å². The van der Waals surface area contributed by atoms with Crippen LogP contribution in [0.2, 0.25) is 0 Å². The molecule has 6 nitrogen and oxygen atoms in total. The lowest BCUT2D eigenvalue weighted by Crippen LogP contribution is -2.41. The summed E-state index contributed by atoms with van der Waals surface area (Å²) in [6, 6.07) is 8.98. The molecule has 0 amide bonds. The Morgan fingerprint density at radius 3 is 2.49 bits per heavy atom. The van der Waals surface area contributed by atoms with Gasteiger partial charge in [0, 0.05) is 47.2 Å². The molecule has 1 aliphatic rings. The molecule has 1 saturated heterocycles. The maximum atomic E-state index is 13.6. The van der Waals surface area contributed by atoms with Crippen molar-refractivity contribution in [2.24, 2.45) is 5.92 Å². The van der Waals surface area contributed by atoms with Crippen LogP contribution in [0.5, 0.6) is 5.75 Å². The van der Waals surface area contributed by atoms with E-state index in [9.17, 15) is 27.2 Å². The third kappa shape index (κ3) is 6.54. The second-order valence-corrected chi connectivity index (χ2v) is 10.7. The number of aromatic amines is 1. The quantitative estimate of drug-likeness (QED) is 0.238. The number of alkyl halides is 4. The number of likely N-dealkylation sites (tertiary alicyclic amines) is 1. The maximum absolute atomic E-state index is 13.6. The van der Waals surface area contributed by atoms with Gasteiger partial charge in [-0.15, -0.1) is 0 Å². The number of para-hydroxylation sites is 1. The van der Waals surface area contributed by atoms with Gasteiger partial charge in [-0.2, -0.15) is 8.78 Å². The Morgan fingerprint density at radius 2 is 1.85 bits per heavy atom. The van der Waals surface area contributed by atoms with Crippen molar-refractivity contribution >= 4 is 16.7 Å². The Hall–Kier alpha value is -3.14. The average Bonchev–Trinajstić information content (AvgIpc) is 3.13. The van der Waals surface area contributed by atoms with Crippen molar-refractivity contribution in [2.75, 3.05) is 19.6 Å². The fourth-order valence-corrected chi connectivity index (χ4v) is 5.95. The molecule has 2 aromatic heterocycles. The van der Waals surface area contributed by atoms with E-state index in [1.807, 2.05) is 31.2 Å². The van der Waals surface area contributed by atoms with Gasteiger partial charge in [0.15, 0.2) is 5.78 Å². The van der Waals surface area contributed by atoms with Crippen molar-refractivity contribution in [2.45, 2.75) is 72.0 Å². The average molecular weight is 550 g/mol. The summed E-state index contributed by atoms with van der Waals surface area (Å²) >= 11 is 0. The lowest BCUT2D eigenvalue weighted by atomic mass is 9.89. The Labute approximate surface area is 225 Å². The first-order chi connectivity index (χ1) is 18.4. The summed E-state index contributed by atoms with van der Waals surface area (Å²) in [4.78, 5) is 30.4. The minimum Gasteiger partial charge on any atom is -0.434 e. The topological polar surface area (TPSA) is 67.3 Å². The first kappa shape index (κ1) is 28.9. The number of nitrogens with one attached hydrogen (secondary N) is 1. The van der Waals surface area contributed by atoms with Gasteiger partial charge in [-0.05, 0) is 71.2 Å². The van der Waals surface area contributed by atoms with Crippen LogP contribution < -0.4 is 10.3 Å². The fraction of sp³-hybridized carbons (Fsp3) is 0.517. The summed E-state index contributed by atoms with van der Waals surface area (Å²) in [7, 11) is 0. The van der Waals surface area contributed by atoms with Gasteiger partial charge in [-0.3, -0.25) is 14.5 Å². The maximum Gasteiger partial charge on any atom is 0.387 e. The molecular weight excluding hydrogens is 514 g/mol. The van der Waals surface area contributed by atoms with Gasteiger partial charge in [0.05, 0.1) is 12.1 Å². The third-order valence-electron chi connectivity index (χ3n) is 7.71. The van der Waals surface area contributed by atoms with Gasteiger partial charge in [0.2, 0.25) is 0 Å². The van der Waals surface area contributed by atoms with E-state index in [0.29, 0.717) is 24.3 Å². The number of hydrogen-bond donors (Lipinski definition) is 1. The van der Waals surface area contributed by atoms with Crippen LogP contribution in [-0.4, -0.2) is 52.4 Å². The largest absolute Gasteiger partial charge is 0.434 e. The number of halogens is 4. The minimum absolute atomic E-state index is 0.00780. The monoisotopic (exact) mass is 549 g/mol. The zero-order chi connectivity index (χ0) is 28.5. The highest BCUT2D eigenvalue weighted by Crippen LogP contribution is 2.36. The number of rotatable bonds is 10. The number of fused-ring (bicyclic) bond motifs is 1. The number of carbonyl (C=O) groups excluding carboxylic acids is 1. The van der Waals surface area contributed by atoms with Crippen molar-refractivity contribution in [3.63, 3.8) is 0 Å². The van der Waals surface area contributed by atoms with E-state index >= 15 is 0 Å². The van der Waals surface area contributed by atoms with Gasteiger partial charge in [0.25, 0.3) is 11.5 Å². The molecule has 0 spiro atoms. The predicted octanol–water partition coefficient (Wildman–Crippen LogP) is 6.29. The van der Waals surface area contributed by atoms with Crippen LogP contribution in [0.15, 0.2) is 35.1 Å². The van der Waals surface area contributed by atoms with Crippen LogP contribution in [-0.2, 0) is 6.42 Å². The van der Waals surface area contributed by atoms with E-state index < -0.39 is 18.1 Å². The third-order valence-corrected chi connectivity index (χ3v) is 7.71. The molecule has 0 saturated carbocycles. The molecule has 4 rings (SSSR count). The van der Waals surface area contributed by atoms with Crippen LogP contribution in [0, 0.1) is 19.8 Å². The van der Waals surface area contributed by atoms with Gasteiger partial charge >= 0.3 is 6.61 Å². The Morgan fingerprint density at radius 1 is 1.18 bits per heavy atom. The summed E-state index contributed by atoms with van der Waals surface area (Å²) in [6.45, 7) is 4.35. The first-order valence-electron chi connectivity index (χ1n) is 13.3. The van der Waals surface area contributed by atoms with Gasteiger partial charge in [0.1, 0.15) is 5.75 Å². The van der Waals surface area contributed by atoms with Crippen molar-refractivity contribution in [1.29, 1.82) is 0 Å². The predicted molar refractivity (Wildman–Crippen MR) is 142 cm³/mol. The first-order valence-corrected chi connectivity index (χ1v) is 13.3.